The molecule has 0 aromatic carbocycles. The molecule has 0 aliphatic carbocycles. The SMILES string of the molecule is CC/C=C\C/C=C\C/C=C\C/C=C\C/C=C\CCCCCC(=O)OC[C@H](COC(=O)CCCCCCCCCCCCCCC)OCCCCCCCCCCCCCCCCCC. The molecule has 0 bridgehead atoms. The van der Waals surface area contributed by atoms with Crippen LogP contribution in [0.2, 0.25) is 0 Å². The molecule has 5 heteroatoms. The summed E-state index contributed by atoms with van der Waals surface area (Å²) in [5.74, 6) is -0.359. The van der Waals surface area contributed by atoms with E-state index < -0.39 is 6.10 Å². The Balaban J connectivity index is 4.29. The summed E-state index contributed by atoms with van der Waals surface area (Å²) < 4.78 is 17.5. The van der Waals surface area contributed by atoms with E-state index in [-0.39, 0.29) is 25.2 Å². The van der Waals surface area contributed by atoms with Gasteiger partial charge in [-0.15, -0.1) is 0 Å². The Hall–Kier alpha value is -2.40. The van der Waals surface area contributed by atoms with Gasteiger partial charge in [-0.3, -0.25) is 9.59 Å². The largest absolute Gasteiger partial charge is 0.463 e. The zero-order chi connectivity index (χ0) is 46.3. The molecule has 0 heterocycles. The van der Waals surface area contributed by atoms with Gasteiger partial charge in [-0.25, -0.2) is 0 Å². The molecule has 1 atom stereocenters. The van der Waals surface area contributed by atoms with Crippen molar-refractivity contribution in [2.45, 2.75) is 284 Å². The molecule has 372 valence electrons. The summed E-state index contributed by atoms with van der Waals surface area (Å²) in [5, 5.41) is 0. The van der Waals surface area contributed by atoms with Crippen molar-refractivity contribution in [1.29, 1.82) is 0 Å². The second kappa shape index (κ2) is 54.9. The van der Waals surface area contributed by atoms with Gasteiger partial charge in [0.15, 0.2) is 0 Å². The maximum atomic E-state index is 12.6. The fourth-order valence-electron chi connectivity index (χ4n) is 7.92. The summed E-state index contributed by atoms with van der Waals surface area (Å²) in [6.45, 7) is 7.62. The van der Waals surface area contributed by atoms with Gasteiger partial charge < -0.3 is 14.2 Å². The summed E-state index contributed by atoms with van der Waals surface area (Å²) in [6.07, 6.45) is 69.7. The number of esters is 2. The van der Waals surface area contributed by atoms with Gasteiger partial charge in [-0.2, -0.15) is 0 Å². The van der Waals surface area contributed by atoms with Gasteiger partial charge >= 0.3 is 11.9 Å². The number of carbonyl (C=O) groups excluding carboxylic acids is 2. The van der Waals surface area contributed by atoms with Gasteiger partial charge in [0.05, 0.1) is 0 Å². The minimum atomic E-state index is -0.411. The predicted molar refractivity (Wildman–Crippen MR) is 279 cm³/mol. The average molecular weight is 895 g/mol. The van der Waals surface area contributed by atoms with Crippen molar-refractivity contribution in [3.05, 3.63) is 60.8 Å². The normalized spacial score (nSPS) is 12.6. The molecular weight excluding hydrogens is 789 g/mol. The molecule has 0 radical (unpaired) electrons. The Labute approximate surface area is 398 Å². The van der Waals surface area contributed by atoms with Gasteiger partial charge in [0.2, 0.25) is 0 Å². The van der Waals surface area contributed by atoms with Crippen LogP contribution in [0.4, 0.5) is 0 Å². The quantitative estimate of drug-likeness (QED) is 0.0346. The Morgan fingerprint density at radius 1 is 0.344 bits per heavy atom. The Bertz CT molecular complexity index is 1100. The van der Waals surface area contributed by atoms with E-state index in [0.717, 1.165) is 83.5 Å². The van der Waals surface area contributed by atoms with Crippen LogP contribution in [-0.4, -0.2) is 37.9 Å². The Morgan fingerprint density at radius 2 is 0.641 bits per heavy atom. The van der Waals surface area contributed by atoms with Crippen LogP contribution < -0.4 is 0 Å². The van der Waals surface area contributed by atoms with E-state index >= 15 is 0 Å². The first-order chi connectivity index (χ1) is 31.6. The molecule has 0 saturated heterocycles. The molecule has 0 aromatic rings. The smallest absolute Gasteiger partial charge is 0.305 e. The average Bonchev–Trinajstić information content (AvgIpc) is 3.30. The molecule has 5 nitrogen and oxygen atoms in total. The lowest BCUT2D eigenvalue weighted by Gasteiger charge is -2.18. The van der Waals surface area contributed by atoms with Crippen LogP contribution in [0.1, 0.15) is 278 Å². The summed E-state index contributed by atoms with van der Waals surface area (Å²) in [4.78, 5) is 25.3. The van der Waals surface area contributed by atoms with Crippen LogP contribution in [-0.2, 0) is 23.8 Å². The number of allylic oxidation sites excluding steroid dienone is 10. The minimum Gasteiger partial charge on any atom is -0.463 e. The highest BCUT2D eigenvalue weighted by atomic mass is 16.6. The van der Waals surface area contributed by atoms with Crippen LogP contribution >= 0.6 is 0 Å². The lowest BCUT2D eigenvalue weighted by Crippen LogP contribution is -2.29. The molecule has 0 N–H and O–H groups in total. The van der Waals surface area contributed by atoms with Crippen molar-refractivity contribution in [3.63, 3.8) is 0 Å². The number of rotatable bonds is 51. The van der Waals surface area contributed by atoms with Crippen LogP contribution in [0.15, 0.2) is 60.8 Å². The van der Waals surface area contributed by atoms with E-state index in [1.165, 1.54) is 161 Å². The second-order valence-electron chi connectivity index (χ2n) is 18.5. The monoisotopic (exact) mass is 895 g/mol. The molecule has 0 aliphatic rings. The highest BCUT2D eigenvalue weighted by Gasteiger charge is 2.16. The number of carbonyl (C=O) groups is 2. The summed E-state index contributed by atoms with van der Waals surface area (Å²) >= 11 is 0. The topological polar surface area (TPSA) is 61.8 Å². The maximum absolute atomic E-state index is 12.6. The first-order valence-corrected chi connectivity index (χ1v) is 27.8. The standard InChI is InChI=1S/C59H106O5/c1-4-7-10-13-16-19-22-25-27-29-30-31-32-35-38-41-44-47-50-53-59(61)64-56-57(55-63-58(60)52-49-46-43-40-37-34-24-21-18-15-12-9-6-3)62-54-51-48-45-42-39-36-33-28-26-23-20-17-14-11-8-5-2/h7,10,16,19,25,27,30-31,35,38,57H,4-6,8-9,11-15,17-18,20-24,26,28-29,32-34,36-37,39-56H2,1-3H3/b10-7-,19-16-,27-25-,31-30-,38-35-/t57-/m0/s1. The van der Waals surface area contributed by atoms with E-state index in [1.807, 2.05) is 0 Å². The number of hydrogen-bond acceptors (Lipinski definition) is 5. The van der Waals surface area contributed by atoms with Crippen LogP contribution in [0.3, 0.4) is 0 Å². The molecule has 0 aromatic heterocycles. The molecule has 0 spiro atoms. The zero-order valence-corrected chi connectivity index (χ0v) is 42.8. The molecule has 0 fully saturated rings. The molecule has 0 rings (SSSR count). The van der Waals surface area contributed by atoms with Gasteiger partial charge in [-0.1, -0.05) is 261 Å². The number of unbranched alkanes of at least 4 members (excludes halogenated alkanes) is 30. The second-order valence-corrected chi connectivity index (χ2v) is 18.5. The lowest BCUT2D eigenvalue weighted by molar-refractivity contribution is -0.155. The highest BCUT2D eigenvalue weighted by Crippen LogP contribution is 2.16. The first-order valence-electron chi connectivity index (χ1n) is 27.8. The zero-order valence-electron chi connectivity index (χ0n) is 42.8. The van der Waals surface area contributed by atoms with Crippen molar-refractivity contribution < 1.29 is 23.8 Å². The van der Waals surface area contributed by atoms with E-state index in [2.05, 4.69) is 81.5 Å². The van der Waals surface area contributed by atoms with Crippen molar-refractivity contribution in [2.24, 2.45) is 0 Å². The summed E-state index contributed by atoms with van der Waals surface area (Å²) in [5.41, 5.74) is 0. The molecule has 0 saturated carbocycles. The lowest BCUT2D eigenvalue weighted by atomic mass is 10.0. The molecule has 64 heavy (non-hydrogen) atoms. The molecule has 0 unspecified atom stereocenters. The summed E-state index contributed by atoms with van der Waals surface area (Å²) in [6, 6.07) is 0. The Kier molecular flexibility index (Phi) is 52.9. The van der Waals surface area contributed by atoms with Gasteiger partial charge in [0.1, 0.15) is 19.3 Å². The number of ether oxygens (including phenoxy) is 3. The van der Waals surface area contributed by atoms with Gasteiger partial charge in [-0.05, 0) is 64.2 Å². The third-order valence-electron chi connectivity index (χ3n) is 12.1. The van der Waals surface area contributed by atoms with Crippen molar-refractivity contribution >= 4 is 11.9 Å². The minimum absolute atomic E-state index is 0.143. The Morgan fingerprint density at radius 3 is 1.00 bits per heavy atom. The molecule has 0 aliphatic heterocycles. The highest BCUT2D eigenvalue weighted by molar-refractivity contribution is 5.69. The van der Waals surface area contributed by atoms with Crippen LogP contribution in [0.25, 0.3) is 0 Å². The van der Waals surface area contributed by atoms with Crippen molar-refractivity contribution in [3.8, 4) is 0 Å². The van der Waals surface area contributed by atoms with Crippen molar-refractivity contribution in [2.75, 3.05) is 19.8 Å². The maximum Gasteiger partial charge on any atom is 0.305 e. The van der Waals surface area contributed by atoms with Crippen molar-refractivity contribution in [1.82, 2.24) is 0 Å². The number of hydrogen-bond donors (Lipinski definition) is 0. The fourth-order valence-corrected chi connectivity index (χ4v) is 7.92. The van der Waals surface area contributed by atoms with E-state index in [1.54, 1.807) is 0 Å². The third-order valence-corrected chi connectivity index (χ3v) is 12.1. The van der Waals surface area contributed by atoms with Gasteiger partial charge in [0, 0.05) is 19.4 Å². The van der Waals surface area contributed by atoms with Crippen LogP contribution in [0, 0.1) is 0 Å². The van der Waals surface area contributed by atoms with E-state index in [0.29, 0.717) is 19.4 Å². The van der Waals surface area contributed by atoms with E-state index in [4.69, 9.17) is 14.2 Å². The summed E-state index contributed by atoms with van der Waals surface area (Å²) in [7, 11) is 0. The first kappa shape index (κ1) is 61.6. The van der Waals surface area contributed by atoms with Crippen LogP contribution in [0.5, 0.6) is 0 Å². The fraction of sp³-hybridized carbons (Fsp3) is 0.797. The molecular formula is C59H106O5. The molecule has 0 amide bonds. The van der Waals surface area contributed by atoms with Gasteiger partial charge in [0.25, 0.3) is 0 Å². The predicted octanol–water partition coefficient (Wildman–Crippen LogP) is 18.9. The van der Waals surface area contributed by atoms with E-state index in [9.17, 15) is 9.59 Å². The third kappa shape index (κ3) is 52.2.